The Kier molecular flexibility index (Phi) is 6.99. The van der Waals surface area contributed by atoms with Gasteiger partial charge in [-0.25, -0.2) is 9.78 Å². The third-order valence-corrected chi connectivity index (χ3v) is 6.92. The molecular formula is C25H26BrN7O4. The van der Waals surface area contributed by atoms with Crippen molar-refractivity contribution in [1.82, 2.24) is 25.1 Å². The average molecular weight is 568 g/mol. The van der Waals surface area contributed by atoms with Crippen LogP contribution in [0, 0.1) is 0 Å². The molecule has 2 amide bonds. The van der Waals surface area contributed by atoms with E-state index in [4.69, 9.17) is 9.84 Å². The Balaban J connectivity index is 1.36. The lowest BCUT2D eigenvalue weighted by molar-refractivity contribution is 0.102. The number of rotatable bonds is 7. The molecule has 0 radical (unpaired) electrons. The normalized spacial score (nSPS) is 15.5. The van der Waals surface area contributed by atoms with E-state index in [2.05, 4.69) is 46.5 Å². The fourth-order valence-corrected chi connectivity index (χ4v) is 5.17. The number of anilines is 2. The van der Waals surface area contributed by atoms with Gasteiger partial charge in [0.1, 0.15) is 11.4 Å². The number of halogens is 1. The smallest absolute Gasteiger partial charge is 0.404 e. The van der Waals surface area contributed by atoms with Gasteiger partial charge in [-0.3, -0.25) is 9.48 Å². The van der Waals surface area contributed by atoms with Crippen LogP contribution in [0.5, 0.6) is 5.75 Å². The zero-order chi connectivity index (χ0) is 25.9. The molecule has 1 aliphatic rings. The summed E-state index contributed by atoms with van der Waals surface area (Å²) in [5, 5.41) is 19.8. The molecule has 1 aromatic carbocycles. The van der Waals surface area contributed by atoms with Gasteiger partial charge >= 0.3 is 6.09 Å². The number of nitrogens with one attached hydrogen (secondary N) is 3. The SMILES string of the molecule is COc1ccc(Cn2cc(C(=O)Nc3c[nH]c4ncc(Br)c(N5CCCC(NC(=O)O)C5)c34)cn2)cc1. The quantitative estimate of drug-likeness (QED) is 0.264. The lowest BCUT2D eigenvalue weighted by atomic mass is 10.0. The number of benzene rings is 1. The van der Waals surface area contributed by atoms with Gasteiger partial charge in [-0.2, -0.15) is 5.10 Å². The maximum absolute atomic E-state index is 13.1. The molecule has 0 saturated carbocycles. The Morgan fingerprint density at radius 1 is 1.27 bits per heavy atom. The Bertz CT molecular complexity index is 1430. The van der Waals surface area contributed by atoms with Crippen LogP contribution < -0.4 is 20.3 Å². The minimum Gasteiger partial charge on any atom is -0.497 e. The number of aromatic amines is 1. The molecule has 1 unspecified atom stereocenters. The fraction of sp³-hybridized carbons (Fsp3) is 0.280. The van der Waals surface area contributed by atoms with Crippen molar-refractivity contribution in [1.29, 1.82) is 0 Å². The van der Waals surface area contributed by atoms with Gasteiger partial charge in [-0.05, 0) is 46.5 Å². The van der Waals surface area contributed by atoms with Gasteiger partial charge < -0.3 is 30.4 Å². The van der Waals surface area contributed by atoms with E-state index in [1.807, 2.05) is 24.3 Å². The van der Waals surface area contributed by atoms with E-state index < -0.39 is 6.09 Å². The number of nitrogens with zero attached hydrogens (tertiary/aromatic N) is 4. The van der Waals surface area contributed by atoms with Crippen molar-refractivity contribution >= 4 is 50.3 Å². The summed E-state index contributed by atoms with van der Waals surface area (Å²) >= 11 is 3.61. The number of carbonyl (C=O) groups is 2. The Hall–Kier alpha value is -4.06. The molecule has 3 aromatic heterocycles. The number of carboxylic acid groups (broad SMARTS) is 1. The molecule has 5 rings (SSSR count). The zero-order valence-electron chi connectivity index (χ0n) is 20.1. The van der Waals surface area contributed by atoms with Crippen molar-refractivity contribution < 1.29 is 19.4 Å². The fourth-order valence-electron chi connectivity index (χ4n) is 4.62. The van der Waals surface area contributed by atoms with E-state index in [1.54, 1.807) is 30.4 Å². The van der Waals surface area contributed by atoms with Crippen LogP contribution in [-0.2, 0) is 6.54 Å². The summed E-state index contributed by atoms with van der Waals surface area (Å²) in [5.74, 6) is 0.485. The predicted octanol–water partition coefficient (Wildman–Crippen LogP) is 4.07. The molecule has 0 aliphatic carbocycles. The van der Waals surface area contributed by atoms with Crippen LogP contribution in [0.1, 0.15) is 28.8 Å². The molecule has 1 fully saturated rings. The average Bonchev–Trinajstić information content (AvgIpc) is 3.52. The van der Waals surface area contributed by atoms with Crippen LogP contribution >= 0.6 is 15.9 Å². The lowest BCUT2D eigenvalue weighted by Crippen LogP contribution is -2.47. The second-order valence-electron chi connectivity index (χ2n) is 8.84. The van der Waals surface area contributed by atoms with Gasteiger partial charge in [0.25, 0.3) is 5.91 Å². The molecule has 4 N–H and O–H groups in total. The van der Waals surface area contributed by atoms with E-state index in [0.29, 0.717) is 30.0 Å². The van der Waals surface area contributed by atoms with E-state index in [0.717, 1.165) is 46.2 Å². The number of aromatic nitrogens is 4. The van der Waals surface area contributed by atoms with E-state index in [9.17, 15) is 9.59 Å². The minimum absolute atomic E-state index is 0.185. The van der Waals surface area contributed by atoms with Crippen LogP contribution in [0.4, 0.5) is 16.2 Å². The third kappa shape index (κ3) is 5.38. The molecule has 4 heterocycles. The summed E-state index contributed by atoms with van der Waals surface area (Å²) in [6.45, 7) is 1.79. The molecule has 11 nitrogen and oxygen atoms in total. The number of methoxy groups -OCH3 is 1. The van der Waals surface area contributed by atoms with Crippen LogP contribution in [0.15, 0.2) is 53.5 Å². The highest BCUT2D eigenvalue weighted by molar-refractivity contribution is 9.10. The Morgan fingerprint density at radius 3 is 2.84 bits per heavy atom. The molecule has 1 atom stereocenters. The number of piperidine rings is 1. The second kappa shape index (κ2) is 10.5. The first-order valence-electron chi connectivity index (χ1n) is 11.8. The summed E-state index contributed by atoms with van der Waals surface area (Å²) in [6, 6.07) is 7.49. The molecule has 1 saturated heterocycles. The Labute approximate surface area is 220 Å². The molecular weight excluding hydrogens is 542 g/mol. The van der Waals surface area contributed by atoms with Crippen molar-refractivity contribution in [2.75, 3.05) is 30.4 Å². The number of pyridine rings is 1. The largest absolute Gasteiger partial charge is 0.497 e. The summed E-state index contributed by atoms with van der Waals surface area (Å²) in [7, 11) is 1.62. The molecule has 0 spiro atoms. The second-order valence-corrected chi connectivity index (χ2v) is 9.70. The third-order valence-electron chi connectivity index (χ3n) is 6.34. The van der Waals surface area contributed by atoms with Gasteiger partial charge in [-0.15, -0.1) is 0 Å². The van der Waals surface area contributed by atoms with E-state index >= 15 is 0 Å². The molecule has 0 bridgehead atoms. The maximum Gasteiger partial charge on any atom is 0.404 e. The zero-order valence-corrected chi connectivity index (χ0v) is 21.7. The van der Waals surface area contributed by atoms with Crippen LogP contribution in [0.2, 0.25) is 0 Å². The number of hydrogen-bond donors (Lipinski definition) is 4. The van der Waals surface area contributed by atoms with Crippen LogP contribution in [-0.4, -0.2) is 63.1 Å². The molecule has 1 aliphatic heterocycles. The summed E-state index contributed by atoms with van der Waals surface area (Å²) in [6.07, 6.45) is 7.23. The standard InChI is InChI=1S/C25H26BrN7O4/c1-37-18-6-4-15(5-7-18)12-33-13-16(9-29-33)24(34)31-20-11-28-23-21(20)22(19(26)10-27-23)32-8-2-3-17(14-32)30-25(35)36/h4-7,9-11,13,17,30H,2-3,8,12,14H2,1H3,(H,27,28)(H,31,34)(H,35,36). The summed E-state index contributed by atoms with van der Waals surface area (Å²) < 4.78 is 7.66. The lowest BCUT2D eigenvalue weighted by Gasteiger charge is -2.35. The first kappa shape index (κ1) is 24.6. The van der Waals surface area contributed by atoms with Crippen molar-refractivity contribution in [2.45, 2.75) is 25.4 Å². The number of H-pyrrole nitrogens is 1. The number of hydrogen-bond acceptors (Lipinski definition) is 6. The van der Waals surface area contributed by atoms with Gasteiger partial charge in [0.2, 0.25) is 0 Å². The van der Waals surface area contributed by atoms with Crippen molar-refractivity contribution in [2.24, 2.45) is 0 Å². The van der Waals surface area contributed by atoms with Crippen molar-refractivity contribution in [3.63, 3.8) is 0 Å². The number of carbonyl (C=O) groups excluding carboxylic acids is 1. The number of ether oxygens (including phenoxy) is 1. The minimum atomic E-state index is -1.03. The van der Waals surface area contributed by atoms with Crippen LogP contribution in [0.3, 0.4) is 0 Å². The molecule has 37 heavy (non-hydrogen) atoms. The summed E-state index contributed by atoms with van der Waals surface area (Å²) in [4.78, 5) is 34.0. The maximum atomic E-state index is 13.1. The first-order chi connectivity index (χ1) is 17.9. The van der Waals surface area contributed by atoms with E-state index in [1.165, 1.54) is 6.20 Å². The predicted molar refractivity (Wildman–Crippen MR) is 142 cm³/mol. The van der Waals surface area contributed by atoms with Gasteiger partial charge in [0, 0.05) is 37.7 Å². The topological polar surface area (TPSA) is 137 Å². The number of fused-ring (bicyclic) bond motifs is 1. The highest BCUT2D eigenvalue weighted by atomic mass is 79.9. The van der Waals surface area contributed by atoms with Gasteiger partial charge in [-0.1, -0.05) is 12.1 Å². The molecule has 4 aromatic rings. The highest BCUT2D eigenvalue weighted by Gasteiger charge is 2.26. The number of amides is 2. The van der Waals surface area contributed by atoms with Gasteiger partial charge in [0.15, 0.2) is 0 Å². The monoisotopic (exact) mass is 567 g/mol. The van der Waals surface area contributed by atoms with Crippen molar-refractivity contribution in [3.8, 4) is 5.75 Å². The first-order valence-corrected chi connectivity index (χ1v) is 12.6. The Morgan fingerprint density at radius 2 is 2.08 bits per heavy atom. The van der Waals surface area contributed by atoms with Gasteiger partial charge in [0.05, 0.1) is 46.6 Å². The molecule has 192 valence electrons. The van der Waals surface area contributed by atoms with Crippen molar-refractivity contribution in [3.05, 3.63) is 64.7 Å². The highest BCUT2D eigenvalue weighted by Crippen LogP contribution is 2.39. The van der Waals surface area contributed by atoms with E-state index in [-0.39, 0.29) is 11.9 Å². The summed E-state index contributed by atoms with van der Waals surface area (Å²) in [5.41, 5.74) is 3.52. The van der Waals surface area contributed by atoms with Crippen LogP contribution in [0.25, 0.3) is 11.0 Å². The molecule has 12 heteroatoms.